The fraction of sp³-hybridized carbons (Fsp3) is 0.500. The van der Waals surface area contributed by atoms with Crippen LogP contribution in [0, 0.1) is 5.82 Å². The van der Waals surface area contributed by atoms with Gasteiger partial charge in [-0.05, 0) is 30.7 Å². The molecule has 2 saturated heterocycles. The van der Waals surface area contributed by atoms with Crippen LogP contribution in [0.25, 0.3) is 0 Å². The summed E-state index contributed by atoms with van der Waals surface area (Å²) in [6.07, 6.45) is 1.54. The van der Waals surface area contributed by atoms with Crippen LogP contribution >= 0.6 is 0 Å². The van der Waals surface area contributed by atoms with E-state index in [0.717, 1.165) is 18.5 Å². The Morgan fingerprint density at radius 1 is 1.53 bits per heavy atom. The van der Waals surface area contributed by atoms with Gasteiger partial charge in [0.15, 0.2) is 11.6 Å². The van der Waals surface area contributed by atoms with E-state index in [-0.39, 0.29) is 29.6 Å². The van der Waals surface area contributed by atoms with Crippen molar-refractivity contribution in [1.29, 1.82) is 0 Å². The minimum Gasteiger partial charge on any atom is -0.494 e. The van der Waals surface area contributed by atoms with E-state index in [1.54, 1.807) is 6.07 Å². The van der Waals surface area contributed by atoms with Gasteiger partial charge in [-0.25, -0.2) is 4.39 Å². The highest BCUT2D eigenvalue weighted by Crippen LogP contribution is 2.28. The Morgan fingerprint density at radius 2 is 2.37 bits per heavy atom. The number of ether oxygens (including phenoxy) is 1. The van der Waals surface area contributed by atoms with Crippen LogP contribution in [0.15, 0.2) is 18.2 Å². The van der Waals surface area contributed by atoms with Crippen LogP contribution in [0.1, 0.15) is 18.4 Å². The van der Waals surface area contributed by atoms with Crippen molar-refractivity contribution in [1.82, 2.24) is 10.2 Å². The number of carbonyl (C=O) groups excluding carboxylic acids is 1. The van der Waals surface area contributed by atoms with Gasteiger partial charge in [-0.1, -0.05) is 6.07 Å². The van der Waals surface area contributed by atoms with E-state index in [2.05, 4.69) is 5.32 Å². The average Bonchev–Trinajstić information content (AvgIpc) is 2.93. The first kappa shape index (κ1) is 12.4. The fourth-order valence-electron chi connectivity index (χ4n) is 3.04. The molecule has 0 saturated carbocycles. The molecular formula is C14H17FN2O2. The summed E-state index contributed by atoms with van der Waals surface area (Å²) in [6.45, 7) is 1.43. The van der Waals surface area contributed by atoms with E-state index in [9.17, 15) is 9.18 Å². The van der Waals surface area contributed by atoms with Crippen molar-refractivity contribution in [3.63, 3.8) is 0 Å². The van der Waals surface area contributed by atoms with E-state index >= 15 is 0 Å². The molecule has 2 atom stereocenters. The third kappa shape index (κ3) is 2.18. The first-order valence-electron chi connectivity index (χ1n) is 6.54. The first-order valence-corrected chi connectivity index (χ1v) is 6.54. The number of hydrogen-bond donors (Lipinski definition) is 1. The number of methoxy groups -OCH3 is 1. The van der Waals surface area contributed by atoms with Gasteiger partial charge < -0.3 is 15.0 Å². The molecule has 0 aliphatic carbocycles. The van der Waals surface area contributed by atoms with Crippen LogP contribution in [0.3, 0.4) is 0 Å². The average molecular weight is 264 g/mol. The topological polar surface area (TPSA) is 41.6 Å². The zero-order valence-corrected chi connectivity index (χ0v) is 10.9. The van der Waals surface area contributed by atoms with Gasteiger partial charge in [-0.2, -0.15) is 0 Å². The number of amides is 1. The van der Waals surface area contributed by atoms with Gasteiger partial charge in [-0.3, -0.25) is 4.79 Å². The SMILES string of the molecule is COc1ccc(CN2C(=O)C[C@H]3NCC[C@H]32)cc1F. The molecule has 1 amide bonds. The summed E-state index contributed by atoms with van der Waals surface area (Å²) < 4.78 is 18.5. The summed E-state index contributed by atoms with van der Waals surface area (Å²) >= 11 is 0. The second-order valence-corrected chi connectivity index (χ2v) is 5.11. The van der Waals surface area contributed by atoms with Crippen molar-refractivity contribution in [3.05, 3.63) is 29.6 Å². The second kappa shape index (κ2) is 4.81. The Balaban J connectivity index is 1.77. The quantitative estimate of drug-likeness (QED) is 0.894. The molecule has 2 aliphatic heterocycles. The van der Waals surface area contributed by atoms with Gasteiger partial charge in [0.1, 0.15) is 0 Å². The first-order chi connectivity index (χ1) is 9.19. The number of halogens is 1. The molecule has 0 radical (unpaired) electrons. The molecule has 0 unspecified atom stereocenters. The number of fused-ring (bicyclic) bond motifs is 1. The van der Waals surface area contributed by atoms with Crippen molar-refractivity contribution in [3.8, 4) is 5.75 Å². The lowest BCUT2D eigenvalue weighted by molar-refractivity contribution is -0.129. The maximum absolute atomic E-state index is 13.6. The van der Waals surface area contributed by atoms with Crippen molar-refractivity contribution < 1.29 is 13.9 Å². The summed E-state index contributed by atoms with van der Waals surface area (Å²) in [6, 6.07) is 5.40. The molecule has 0 spiro atoms. The van der Waals surface area contributed by atoms with Crippen molar-refractivity contribution in [2.45, 2.75) is 31.5 Å². The molecule has 2 aliphatic rings. The molecule has 1 aromatic carbocycles. The maximum Gasteiger partial charge on any atom is 0.224 e. The van der Waals surface area contributed by atoms with Crippen LogP contribution < -0.4 is 10.1 Å². The fourth-order valence-corrected chi connectivity index (χ4v) is 3.04. The summed E-state index contributed by atoms with van der Waals surface area (Å²) in [4.78, 5) is 13.8. The van der Waals surface area contributed by atoms with E-state index in [0.29, 0.717) is 13.0 Å². The lowest BCUT2D eigenvalue weighted by Gasteiger charge is -2.23. The molecule has 2 fully saturated rings. The van der Waals surface area contributed by atoms with E-state index in [4.69, 9.17) is 4.74 Å². The lowest BCUT2D eigenvalue weighted by Crippen LogP contribution is -2.35. The molecule has 0 bridgehead atoms. The van der Waals surface area contributed by atoms with Gasteiger partial charge in [0.2, 0.25) is 5.91 Å². The molecule has 5 heteroatoms. The summed E-state index contributed by atoms with van der Waals surface area (Å²) in [7, 11) is 1.44. The number of rotatable bonds is 3. The van der Waals surface area contributed by atoms with Crippen LogP contribution in [-0.2, 0) is 11.3 Å². The second-order valence-electron chi connectivity index (χ2n) is 5.11. The van der Waals surface area contributed by atoms with Gasteiger partial charge >= 0.3 is 0 Å². The zero-order valence-electron chi connectivity index (χ0n) is 10.9. The summed E-state index contributed by atoms with van der Waals surface area (Å²) in [5, 5.41) is 3.34. The molecule has 1 N–H and O–H groups in total. The molecule has 0 aromatic heterocycles. The number of hydrogen-bond acceptors (Lipinski definition) is 3. The van der Waals surface area contributed by atoms with Gasteiger partial charge in [0, 0.05) is 25.0 Å². The maximum atomic E-state index is 13.6. The van der Waals surface area contributed by atoms with Crippen molar-refractivity contribution in [2.24, 2.45) is 0 Å². The minimum atomic E-state index is -0.382. The number of likely N-dealkylation sites (tertiary alicyclic amines) is 1. The highest BCUT2D eigenvalue weighted by atomic mass is 19.1. The van der Waals surface area contributed by atoms with Crippen LogP contribution in [-0.4, -0.2) is 36.5 Å². The minimum absolute atomic E-state index is 0.151. The number of nitrogens with zero attached hydrogens (tertiary/aromatic N) is 1. The highest BCUT2D eigenvalue weighted by molar-refractivity contribution is 5.80. The molecule has 3 rings (SSSR count). The Labute approximate surface area is 111 Å². The lowest BCUT2D eigenvalue weighted by atomic mass is 10.1. The molecule has 19 heavy (non-hydrogen) atoms. The van der Waals surface area contributed by atoms with Gasteiger partial charge in [0.25, 0.3) is 0 Å². The van der Waals surface area contributed by atoms with Crippen LogP contribution in [0.4, 0.5) is 4.39 Å². The Bertz CT molecular complexity index is 506. The molecular weight excluding hydrogens is 247 g/mol. The van der Waals surface area contributed by atoms with Gasteiger partial charge in [0.05, 0.1) is 7.11 Å². The third-order valence-electron chi connectivity index (χ3n) is 4.00. The van der Waals surface area contributed by atoms with Crippen molar-refractivity contribution in [2.75, 3.05) is 13.7 Å². The molecule has 2 heterocycles. The number of benzene rings is 1. The van der Waals surface area contributed by atoms with E-state index < -0.39 is 0 Å². The highest BCUT2D eigenvalue weighted by Gasteiger charge is 2.42. The zero-order chi connectivity index (χ0) is 13.4. The van der Waals surface area contributed by atoms with Crippen LogP contribution in [0.5, 0.6) is 5.75 Å². The van der Waals surface area contributed by atoms with E-state index in [1.807, 2.05) is 11.0 Å². The van der Waals surface area contributed by atoms with Crippen molar-refractivity contribution >= 4 is 5.91 Å². The van der Waals surface area contributed by atoms with Gasteiger partial charge in [-0.15, -0.1) is 0 Å². The third-order valence-corrected chi connectivity index (χ3v) is 4.00. The smallest absolute Gasteiger partial charge is 0.224 e. The number of carbonyl (C=O) groups is 1. The Morgan fingerprint density at radius 3 is 3.11 bits per heavy atom. The normalized spacial score (nSPS) is 25.8. The van der Waals surface area contributed by atoms with E-state index in [1.165, 1.54) is 13.2 Å². The predicted octanol–water partition coefficient (Wildman–Crippen LogP) is 1.30. The Kier molecular flexibility index (Phi) is 3.14. The Hall–Kier alpha value is -1.62. The molecule has 1 aromatic rings. The number of nitrogens with one attached hydrogen (secondary N) is 1. The molecule has 4 nitrogen and oxygen atoms in total. The summed E-state index contributed by atoms with van der Waals surface area (Å²) in [5.74, 6) is 0.00285. The molecule has 102 valence electrons. The standard InChI is InChI=1S/C14H17FN2O2/c1-19-13-3-2-9(6-10(13)15)8-17-12-4-5-16-11(12)7-14(17)18/h2-3,6,11-12,16H,4-5,7-8H2,1H3/t11-,12-/m1/s1. The monoisotopic (exact) mass is 264 g/mol. The largest absolute Gasteiger partial charge is 0.494 e. The predicted molar refractivity (Wildman–Crippen MR) is 68.3 cm³/mol. The van der Waals surface area contributed by atoms with Crippen LogP contribution in [0.2, 0.25) is 0 Å². The summed E-state index contributed by atoms with van der Waals surface area (Å²) in [5.41, 5.74) is 0.805.